The van der Waals surface area contributed by atoms with E-state index in [2.05, 4.69) is 20.7 Å². The molecule has 2 atom stereocenters. The first-order valence-corrected chi connectivity index (χ1v) is 11.7. The van der Waals surface area contributed by atoms with E-state index in [4.69, 9.17) is 0 Å². The lowest BCUT2D eigenvalue weighted by molar-refractivity contribution is 0.0596. The summed E-state index contributed by atoms with van der Waals surface area (Å²) < 4.78 is 4.63. The molecule has 39 heavy (non-hydrogen) atoms. The molecule has 1 heterocycles. The van der Waals surface area contributed by atoms with Crippen LogP contribution >= 0.6 is 0 Å². The van der Waals surface area contributed by atoms with Crippen LogP contribution in [0.15, 0.2) is 54.6 Å². The zero-order chi connectivity index (χ0) is 28.3. The second-order valence-electron chi connectivity index (χ2n) is 8.77. The lowest BCUT2D eigenvalue weighted by atomic mass is 9.95. The number of phenols is 4. The Balaban J connectivity index is 1.52. The highest BCUT2D eigenvalue weighted by Crippen LogP contribution is 2.34. The molecule has 1 aliphatic rings. The maximum absolute atomic E-state index is 13.1. The van der Waals surface area contributed by atoms with Crippen molar-refractivity contribution in [3.63, 3.8) is 0 Å². The smallest absolute Gasteiger partial charge is 0.338 e. The molecule has 0 radical (unpaired) electrons. The summed E-state index contributed by atoms with van der Waals surface area (Å²) in [6.45, 7) is 0.687. The molecule has 0 aliphatic carbocycles. The Morgan fingerprint density at radius 3 is 1.90 bits per heavy atom. The zero-order valence-electron chi connectivity index (χ0n) is 20.6. The van der Waals surface area contributed by atoms with Crippen LogP contribution in [-0.2, 0) is 4.74 Å². The first-order chi connectivity index (χ1) is 18.6. The number of rotatable bonds is 7. The van der Waals surface area contributed by atoms with Gasteiger partial charge in [-0.25, -0.2) is 4.79 Å². The highest BCUT2D eigenvalue weighted by molar-refractivity contribution is 6.18. The molecule has 1 fully saturated rings. The Morgan fingerprint density at radius 1 is 0.769 bits per heavy atom. The van der Waals surface area contributed by atoms with E-state index in [1.807, 2.05) is 0 Å². The quantitative estimate of drug-likeness (QED) is 0.170. The highest BCUT2D eigenvalue weighted by atomic mass is 16.5. The highest BCUT2D eigenvalue weighted by Gasteiger charge is 2.32. The molecule has 3 aromatic carbocycles. The van der Waals surface area contributed by atoms with Crippen molar-refractivity contribution >= 4 is 23.6 Å². The molecule has 2 amide bonds. The van der Waals surface area contributed by atoms with E-state index >= 15 is 0 Å². The van der Waals surface area contributed by atoms with Gasteiger partial charge in [-0.1, -0.05) is 6.07 Å². The maximum Gasteiger partial charge on any atom is 0.338 e. The van der Waals surface area contributed by atoms with Crippen LogP contribution in [0.5, 0.6) is 23.0 Å². The van der Waals surface area contributed by atoms with Crippen molar-refractivity contribution in [3.05, 3.63) is 82.4 Å². The van der Waals surface area contributed by atoms with Gasteiger partial charge in [0.15, 0.2) is 0 Å². The van der Waals surface area contributed by atoms with Gasteiger partial charge in [0, 0.05) is 24.2 Å². The third-order valence-electron chi connectivity index (χ3n) is 6.24. The molecule has 202 valence electrons. The number of amides is 2. The van der Waals surface area contributed by atoms with Gasteiger partial charge in [0.25, 0.3) is 11.8 Å². The van der Waals surface area contributed by atoms with Gasteiger partial charge in [-0.05, 0) is 48.5 Å². The molecule has 0 aromatic heterocycles. The number of carbonyl (C=O) groups is 4. The zero-order valence-corrected chi connectivity index (χ0v) is 20.6. The number of methoxy groups -OCH3 is 1. The minimum absolute atomic E-state index is 0.0166. The summed E-state index contributed by atoms with van der Waals surface area (Å²) in [5.74, 6) is -5.15. The van der Waals surface area contributed by atoms with Gasteiger partial charge in [-0.15, -0.1) is 0 Å². The van der Waals surface area contributed by atoms with Crippen LogP contribution in [-0.4, -0.2) is 76.3 Å². The molecule has 3 aromatic rings. The van der Waals surface area contributed by atoms with E-state index in [-0.39, 0.29) is 16.9 Å². The molecule has 0 bridgehead atoms. The number of carbonyl (C=O) groups excluding carboxylic acids is 4. The number of hydrogen-bond donors (Lipinski definition) is 7. The monoisotopic (exact) mass is 535 g/mol. The predicted molar refractivity (Wildman–Crippen MR) is 136 cm³/mol. The van der Waals surface area contributed by atoms with Crippen LogP contribution in [0.25, 0.3) is 0 Å². The van der Waals surface area contributed by atoms with Crippen LogP contribution in [0.1, 0.15) is 47.0 Å². The van der Waals surface area contributed by atoms with Crippen molar-refractivity contribution in [2.75, 3.05) is 20.2 Å². The predicted octanol–water partition coefficient (Wildman–Crippen LogP) is 1.03. The number of phenolic OH excluding ortho intramolecular Hbond substituents is 4. The fourth-order valence-corrected chi connectivity index (χ4v) is 4.26. The standard InChI is InChI=1S/C27H25N3O9/c1-39-27(38)16-3-2-4-19(32)22(16)24(35)23-20(33)9-14(10-21(23)34)26(37)30-18-12-28-11-17(18)29-25(36)13-5-7-15(31)8-6-13/h2-10,17-18,28,31-34H,11-12H2,1H3,(H,29,36)(H,30,37)/t17-,18-/m0/s1. The van der Waals surface area contributed by atoms with Crippen LogP contribution < -0.4 is 16.0 Å². The minimum Gasteiger partial charge on any atom is -0.508 e. The van der Waals surface area contributed by atoms with E-state index in [0.717, 1.165) is 25.3 Å². The number of esters is 1. The Labute approximate surface area is 221 Å². The second-order valence-corrected chi connectivity index (χ2v) is 8.77. The lowest BCUT2D eigenvalue weighted by Crippen LogP contribution is -2.51. The molecule has 4 rings (SSSR count). The van der Waals surface area contributed by atoms with Gasteiger partial charge >= 0.3 is 5.97 Å². The van der Waals surface area contributed by atoms with Crippen LogP contribution in [0.2, 0.25) is 0 Å². The maximum atomic E-state index is 13.1. The Hall–Kier alpha value is -5.10. The van der Waals surface area contributed by atoms with E-state index in [1.54, 1.807) is 0 Å². The molecule has 0 unspecified atom stereocenters. The van der Waals surface area contributed by atoms with Crippen molar-refractivity contribution in [3.8, 4) is 23.0 Å². The van der Waals surface area contributed by atoms with E-state index < -0.39 is 64.0 Å². The molecule has 1 saturated heterocycles. The summed E-state index contributed by atoms with van der Waals surface area (Å²) in [6, 6.07) is 10.3. The number of hydrogen-bond acceptors (Lipinski definition) is 10. The molecule has 7 N–H and O–H groups in total. The first-order valence-electron chi connectivity index (χ1n) is 11.7. The third-order valence-corrected chi connectivity index (χ3v) is 6.24. The summed E-state index contributed by atoms with van der Waals surface area (Å²) in [4.78, 5) is 50.7. The fourth-order valence-electron chi connectivity index (χ4n) is 4.26. The molecule has 12 heteroatoms. The number of ketones is 1. The molecule has 0 spiro atoms. The second kappa shape index (κ2) is 11.1. The van der Waals surface area contributed by atoms with Crippen LogP contribution in [0.3, 0.4) is 0 Å². The lowest BCUT2D eigenvalue weighted by Gasteiger charge is -2.21. The van der Waals surface area contributed by atoms with Crippen molar-refractivity contribution in [1.29, 1.82) is 0 Å². The Morgan fingerprint density at radius 2 is 1.33 bits per heavy atom. The van der Waals surface area contributed by atoms with Crippen molar-refractivity contribution in [1.82, 2.24) is 16.0 Å². The SMILES string of the molecule is COC(=O)c1cccc(O)c1C(=O)c1c(O)cc(C(=O)N[C@H]2CNC[C@@H]2NC(=O)c2ccc(O)cc2)cc1O. The molecule has 1 aliphatic heterocycles. The van der Waals surface area contributed by atoms with E-state index in [1.165, 1.54) is 36.4 Å². The first kappa shape index (κ1) is 26.9. The molecular formula is C27H25N3O9. The number of nitrogens with one attached hydrogen (secondary N) is 3. The van der Waals surface area contributed by atoms with E-state index in [0.29, 0.717) is 18.7 Å². The fraction of sp³-hybridized carbons (Fsp3) is 0.185. The van der Waals surface area contributed by atoms with Crippen molar-refractivity contribution in [2.45, 2.75) is 12.1 Å². The van der Waals surface area contributed by atoms with E-state index in [9.17, 15) is 39.6 Å². The topological polar surface area (TPSA) is 195 Å². The van der Waals surface area contributed by atoms with Gasteiger partial charge in [0.2, 0.25) is 5.78 Å². The summed E-state index contributed by atoms with van der Waals surface area (Å²) in [6.07, 6.45) is 0. The molecule has 0 saturated carbocycles. The van der Waals surface area contributed by atoms with Crippen LogP contribution in [0, 0.1) is 0 Å². The summed E-state index contributed by atoms with van der Waals surface area (Å²) >= 11 is 0. The number of ether oxygens (including phenoxy) is 1. The minimum atomic E-state index is -1.06. The van der Waals surface area contributed by atoms with Gasteiger partial charge in [0.05, 0.1) is 30.3 Å². The van der Waals surface area contributed by atoms with Gasteiger partial charge < -0.3 is 41.1 Å². The average Bonchev–Trinajstić information content (AvgIpc) is 3.33. The normalized spacial score (nSPS) is 16.3. The van der Waals surface area contributed by atoms with Crippen molar-refractivity contribution < 1.29 is 44.3 Å². The summed E-state index contributed by atoms with van der Waals surface area (Å²) in [5, 5.41) is 49.3. The Bertz CT molecular complexity index is 1430. The van der Waals surface area contributed by atoms with Crippen LogP contribution in [0.4, 0.5) is 0 Å². The number of benzene rings is 3. The molecule has 12 nitrogen and oxygen atoms in total. The van der Waals surface area contributed by atoms with Crippen molar-refractivity contribution in [2.24, 2.45) is 0 Å². The average molecular weight is 536 g/mol. The molecular weight excluding hydrogens is 510 g/mol. The van der Waals surface area contributed by atoms with Gasteiger partial charge in [-0.2, -0.15) is 0 Å². The third kappa shape index (κ3) is 5.60. The van der Waals surface area contributed by atoms with Gasteiger partial charge in [-0.3, -0.25) is 14.4 Å². The summed E-state index contributed by atoms with van der Waals surface area (Å²) in [5.41, 5.74) is -1.25. The van der Waals surface area contributed by atoms with Gasteiger partial charge in [0.1, 0.15) is 28.6 Å². The number of aromatic hydroxyl groups is 4. The largest absolute Gasteiger partial charge is 0.508 e. The summed E-state index contributed by atoms with van der Waals surface area (Å²) in [7, 11) is 1.09. The Kier molecular flexibility index (Phi) is 7.68.